The Labute approximate surface area is 123 Å². The smallest absolute Gasteiger partial charge is 0.272 e. The highest BCUT2D eigenvalue weighted by Gasteiger charge is 2.18. The van der Waals surface area contributed by atoms with Crippen molar-refractivity contribution >= 4 is 5.69 Å². The maximum atomic E-state index is 11.0. The molecule has 0 aliphatic carbocycles. The zero-order chi connectivity index (χ0) is 15.4. The minimum Gasteiger partial charge on any atom is -0.347 e. The summed E-state index contributed by atoms with van der Waals surface area (Å²) in [7, 11) is 0. The fraction of sp³-hybridized carbons (Fsp3) is 0.400. The summed E-state index contributed by atoms with van der Waals surface area (Å²) in [6.07, 6.45) is 4.40. The largest absolute Gasteiger partial charge is 0.347 e. The number of hydrogen-bond donors (Lipinski definition) is 2. The number of imidazole rings is 1. The van der Waals surface area contributed by atoms with Crippen molar-refractivity contribution in [2.75, 3.05) is 0 Å². The maximum absolute atomic E-state index is 11.0. The zero-order valence-corrected chi connectivity index (χ0v) is 12.5. The molecule has 0 bridgehead atoms. The van der Waals surface area contributed by atoms with Gasteiger partial charge in [-0.15, -0.1) is 0 Å². The number of nitrogens with zero attached hydrogens (tertiary/aromatic N) is 2. The summed E-state index contributed by atoms with van der Waals surface area (Å²) in [5.41, 5.74) is 1.73. The Morgan fingerprint density at radius 1 is 1.48 bits per heavy atom. The number of nitrogens with one attached hydrogen (secondary N) is 2. The summed E-state index contributed by atoms with van der Waals surface area (Å²) in [4.78, 5) is 18.1. The van der Waals surface area contributed by atoms with Crippen molar-refractivity contribution in [3.8, 4) is 0 Å². The van der Waals surface area contributed by atoms with E-state index in [2.05, 4.69) is 22.2 Å². The SMILES string of the molecule is CCC(NC(C)c1ccc(C)c([N+](=O)[O-])c1)c1ncc[nH]1. The highest BCUT2D eigenvalue weighted by atomic mass is 16.6. The number of benzene rings is 1. The second-order valence-corrected chi connectivity index (χ2v) is 5.13. The molecular formula is C15H20N4O2. The molecule has 112 valence electrons. The van der Waals surface area contributed by atoms with E-state index in [9.17, 15) is 10.1 Å². The molecule has 21 heavy (non-hydrogen) atoms. The van der Waals surface area contributed by atoms with E-state index in [-0.39, 0.29) is 22.7 Å². The van der Waals surface area contributed by atoms with E-state index in [0.29, 0.717) is 5.56 Å². The van der Waals surface area contributed by atoms with E-state index in [1.54, 1.807) is 31.5 Å². The number of aromatic amines is 1. The second kappa shape index (κ2) is 6.49. The molecule has 6 nitrogen and oxygen atoms in total. The predicted molar refractivity (Wildman–Crippen MR) is 81.0 cm³/mol. The van der Waals surface area contributed by atoms with Crippen LogP contribution in [0, 0.1) is 17.0 Å². The third-order valence-electron chi connectivity index (χ3n) is 3.64. The van der Waals surface area contributed by atoms with Gasteiger partial charge in [0, 0.05) is 30.1 Å². The fourth-order valence-electron chi connectivity index (χ4n) is 2.35. The lowest BCUT2D eigenvalue weighted by molar-refractivity contribution is -0.385. The number of rotatable bonds is 6. The Morgan fingerprint density at radius 3 is 2.81 bits per heavy atom. The highest BCUT2D eigenvalue weighted by Crippen LogP contribution is 2.25. The lowest BCUT2D eigenvalue weighted by Gasteiger charge is -2.21. The van der Waals surface area contributed by atoms with Crippen molar-refractivity contribution in [1.29, 1.82) is 0 Å². The van der Waals surface area contributed by atoms with Gasteiger partial charge in [0.05, 0.1) is 11.0 Å². The zero-order valence-electron chi connectivity index (χ0n) is 12.5. The van der Waals surface area contributed by atoms with Gasteiger partial charge in [-0.2, -0.15) is 0 Å². The molecule has 0 fully saturated rings. The van der Waals surface area contributed by atoms with Crippen LogP contribution in [0.25, 0.3) is 0 Å². The minimum atomic E-state index is -0.338. The molecule has 6 heteroatoms. The Kier molecular flexibility index (Phi) is 4.70. The molecule has 2 atom stereocenters. The van der Waals surface area contributed by atoms with Gasteiger partial charge in [0.1, 0.15) is 5.82 Å². The number of H-pyrrole nitrogens is 1. The van der Waals surface area contributed by atoms with E-state index >= 15 is 0 Å². The molecule has 0 amide bonds. The molecule has 2 N–H and O–H groups in total. The number of hydrogen-bond acceptors (Lipinski definition) is 4. The van der Waals surface area contributed by atoms with Gasteiger partial charge in [-0.3, -0.25) is 10.1 Å². The van der Waals surface area contributed by atoms with Crippen molar-refractivity contribution in [2.45, 2.75) is 39.3 Å². The molecule has 0 spiro atoms. The normalized spacial score (nSPS) is 13.9. The standard InChI is InChI=1S/C15H20N4O2/c1-4-13(15-16-7-8-17-15)18-11(3)12-6-5-10(2)14(9-12)19(20)21/h5-9,11,13,18H,4H2,1-3H3,(H,16,17). The second-order valence-electron chi connectivity index (χ2n) is 5.13. The molecule has 1 aromatic heterocycles. The van der Waals surface area contributed by atoms with Gasteiger partial charge in [0.15, 0.2) is 0 Å². The van der Waals surface area contributed by atoms with Crippen LogP contribution in [-0.4, -0.2) is 14.9 Å². The lowest BCUT2D eigenvalue weighted by Crippen LogP contribution is -2.25. The molecule has 2 unspecified atom stereocenters. The van der Waals surface area contributed by atoms with Crippen LogP contribution in [0.1, 0.15) is 49.3 Å². The van der Waals surface area contributed by atoms with Crippen LogP contribution in [0.4, 0.5) is 5.69 Å². The number of nitro benzene ring substituents is 1. The van der Waals surface area contributed by atoms with Gasteiger partial charge in [-0.25, -0.2) is 4.98 Å². The molecule has 0 saturated carbocycles. The Hall–Kier alpha value is -2.21. The molecule has 1 heterocycles. The van der Waals surface area contributed by atoms with Gasteiger partial charge in [-0.1, -0.05) is 19.1 Å². The Balaban J connectivity index is 2.18. The first-order valence-corrected chi connectivity index (χ1v) is 7.03. The number of aromatic nitrogens is 2. The molecule has 0 aliphatic rings. The summed E-state index contributed by atoms with van der Waals surface area (Å²) in [6.45, 7) is 5.82. The molecule has 0 saturated heterocycles. The van der Waals surface area contributed by atoms with Gasteiger partial charge in [0.25, 0.3) is 5.69 Å². The summed E-state index contributed by atoms with van der Waals surface area (Å²) in [5, 5.41) is 14.5. The van der Waals surface area contributed by atoms with E-state index in [4.69, 9.17) is 0 Å². The van der Waals surface area contributed by atoms with Gasteiger partial charge in [-0.05, 0) is 25.8 Å². The first kappa shape index (κ1) is 15.2. The molecule has 2 aromatic rings. The summed E-state index contributed by atoms with van der Waals surface area (Å²) in [5.74, 6) is 0.881. The number of nitro groups is 1. The van der Waals surface area contributed by atoms with Crippen molar-refractivity contribution in [2.24, 2.45) is 0 Å². The van der Waals surface area contributed by atoms with Crippen LogP contribution in [0.2, 0.25) is 0 Å². The average Bonchev–Trinajstić information content (AvgIpc) is 2.98. The average molecular weight is 288 g/mol. The van der Waals surface area contributed by atoms with Crippen LogP contribution in [0.3, 0.4) is 0 Å². The molecule has 0 radical (unpaired) electrons. The van der Waals surface area contributed by atoms with Crippen molar-refractivity contribution in [3.63, 3.8) is 0 Å². The van der Waals surface area contributed by atoms with Crippen molar-refractivity contribution < 1.29 is 4.92 Å². The monoisotopic (exact) mass is 288 g/mol. The molecule has 1 aromatic carbocycles. The van der Waals surface area contributed by atoms with Crippen LogP contribution in [0.5, 0.6) is 0 Å². The molecular weight excluding hydrogens is 268 g/mol. The molecule has 0 aliphatic heterocycles. The number of aryl methyl sites for hydroxylation is 1. The highest BCUT2D eigenvalue weighted by molar-refractivity contribution is 5.43. The van der Waals surface area contributed by atoms with Crippen LogP contribution in [0.15, 0.2) is 30.6 Å². The van der Waals surface area contributed by atoms with E-state index in [0.717, 1.165) is 17.8 Å². The fourth-order valence-corrected chi connectivity index (χ4v) is 2.35. The van der Waals surface area contributed by atoms with E-state index < -0.39 is 0 Å². The van der Waals surface area contributed by atoms with Gasteiger partial charge >= 0.3 is 0 Å². The first-order chi connectivity index (χ1) is 10.0. The van der Waals surface area contributed by atoms with Crippen LogP contribution in [-0.2, 0) is 0 Å². The summed E-state index contributed by atoms with van der Waals surface area (Å²) >= 11 is 0. The molecule has 2 rings (SSSR count). The first-order valence-electron chi connectivity index (χ1n) is 7.03. The van der Waals surface area contributed by atoms with Gasteiger partial charge in [0.2, 0.25) is 0 Å². The maximum Gasteiger partial charge on any atom is 0.272 e. The summed E-state index contributed by atoms with van der Waals surface area (Å²) < 4.78 is 0. The Bertz CT molecular complexity index is 610. The summed E-state index contributed by atoms with van der Waals surface area (Å²) in [6, 6.07) is 5.45. The third kappa shape index (κ3) is 3.46. The van der Waals surface area contributed by atoms with Gasteiger partial charge < -0.3 is 10.3 Å². The lowest BCUT2D eigenvalue weighted by atomic mass is 10.0. The van der Waals surface area contributed by atoms with E-state index in [1.807, 2.05) is 13.0 Å². The Morgan fingerprint density at radius 2 is 2.24 bits per heavy atom. The predicted octanol–water partition coefficient (Wildman–Crippen LogP) is 3.43. The topological polar surface area (TPSA) is 83.8 Å². The van der Waals surface area contributed by atoms with E-state index in [1.165, 1.54) is 0 Å². The van der Waals surface area contributed by atoms with Crippen LogP contribution < -0.4 is 5.32 Å². The minimum absolute atomic E-state index is 0.000602. The van der Waals surface area contributed by atoms with Crippen molar-refractivity contribution in [1.82, 2.24) is 15.3 Å². The van der Waals surface area contributed by atoms with Crippen molar-refractivity contribution in [3.05, 3.63) is 57.7 Å². The van der Waals surface area contributed by atoms with Crippen LogP contribution >= 0.6 is 0 Å². The third-order valence-corrected chi connectivity index (χ3v) is 3.64. The quantitative estimate of drug-likeness (QED) is 0.630.